The second-order valence-corrected chi connectivity index (χ2v) is 3.29. The van der Waals surface area contributed by atoms with Gasteiger partial charge in [0.05, 0.1) is 11.7 Å². The van der Waals surface area contributed by atoms with Crippen molar-refractivity contribution < 1.29 is 4.79 Å². The summed E-state index contributed by atoms with van der Waals surface area (Å²) >= 11 is 0. The molecule has 2 amide bonds. The van der Waals surface area contributed by atoms with Gasteiger partial charge < -0.3 is 5.32 Å². The quantitative estimate of drug-likeness (QED) is 0.643. The van der Waals surface area contributed by atoms with Gasteiger partial charge >= 0.3 is 6.03 Å². The Balaban J connectivity index is 2.53. The SMILES string of the molecule is CC1NC(=O)N(C)c2ccccc21. The normalized spacial score (nSPS) is 20.9. The van der Waals surface area contributed by atoms with E-state index in [-0.39, 0.29) is 12.1 Å². The zero-order valence-corrected chi connectivity index (χ0v) is 7.74. The van der Waals surface area contributed by atoms with Gasteiger partial charge in [-0.25, -0.2) is 4.79 Å². The second kappa shape index (κ2) is 2.76. The third-order valence-corrected chi connectivity index (χ3v) is 2.41. The smallest absolute Gasteiger partial charge is 0.322 e. The van der Waals surface area contributed by atoms with Crippen LogP contribution in [0.15, 0.2) is 24.3 Å². The Bertz CT molecular complexity index is 349. The van der Waals surface area contributed by atoms with E-state index in [1.54, 1.807) is 11.9 Å². The highest BCUT2D eigenvalue weighted by atomic mass is 16.2. The number of para-hydroxylation sites is 1. The molecule has 0 bridgehead atoms. The van der Waals surface area contributed by atoms with Gasteiger partial charge in [-0.2, -0.15) is 0 Å². The van der Waals surface area contributed by atoms with E-state index in [1.165, 1.54) is 5.56 Å². The molecule has 68 valence electrons. The van der Waals surface area contributed by atoms with E-state index in [2.05, 4.69) is 5.32 Å². The Morgan fingerprint density at radius 2 is 2.08 bits per heavy atom. The molecule has 2 rings (SSSR count). The van der Waals surface area contributed by atoms with Crippen LogP contribution in [0, 0.1) is 0 Å². The number of carbonyl (C=O) groups excluding carboxylic acids is 1. The number of hydrogen-bond donors (Lipinski definition) is 1. The molecule has 0 aliphatic carbocycles. The Morgan fingerprint density at radius 3 is 2.85 bits per heavy atom. The van der Waals surface area contributed by atoms with Crippen LogP contribution in [0.1, 0.15) is 18.5 Å². The largest absolute Gasteiger partial charge is 0.331 e. The number of carbonyl (C=O) groups is 1. The first kappa shape index (κ1) is 8.10. The molecule has 0 saturated heterocycles. The molecule has 1 N–H and O–H groups in total. The van der Waals surface area contributed by atoms with Gasteiger partial charge in [0.15, 0.2) is 0 Å². The minimum absolute atomic E-state index is 0.0359. The van der Waals surface area contributed by atoms with Crippen LogP contribution in [0.25, 0.3) is 0 Å². The average molecular weight is 176 g/mol. The van der Waals surface area contributed by atoms with Gasteiger partial charge in [-0.1, -0.05) is 18.2 Å². The number of anilines is 1. The first-order valence-electron chi connectivity index (χ1n) is 4.33. The van der Waals surface area contributed by atoms with Gasteiger partial charge in [0.25, 0.3) is 0 Å². The molecule has 1 unspecified atom stereocenters. The third-order valence-electron chi connectivity index (χ3n) is 2.41. The standard InChI is InChI=1S/C10H12N2O/c1-7-8-5-3-4-6-9(8)12(2)10(13)11-7/h3-7H,1-2H3,(H,11,13). The monoisotopic (exact) mass is 176 g/mol. The molecule has 0 spiro atoms. The number of amides is 2. The van der Waals surface area contributed by atoms with Crippen molar-refractivity contribution in [2.24, 2.45) is 0 Å². The zero-order valence-electron chi connectivity index (χ0n) is 7.74. The van der Waals surface area contributed by atoms with Crippen molar-refractivity contribution in [1.82, 2.24) is 5.32 Å². The molecule has 1 aromatic carbocycles. The number of urea groups is 1. The summed E-state index contributed by atoms with van der Waals surface area (Å²) in [5.41, 5.74) is 2.17. The zero-order chi connectivity index (χ0) is 9.42. The van der Waals surface area contributed by atoms with Crippen LogP contribution in [-0.4, -0.2) is 13.1 Å². The van der Waals surface area contributed by atoms with Gasteiger partial charge in [-0.3, -0.25) is 4.90 Å². The van der Waals surface area contributed by atoms with Crippen molar-refractivity contribution in [3.63, 3.8) is 0 Å². The second-order valence-electron chi connectivity index (χ2n) is 3.29. The summed E-state index contributed by atoms with van der Waals surface area (Å²) in [6.07, 6.45) is 0. The van der Waals surface area contributed by atoms with Crippen molar-refractivity contribution in [1.29, 1.82) is 0 Å². The maximum Gasteiger partial charge on any atom is 0.322 e. The van der Waals surface area contributed by atoms with E-state index in [0.29, 0.717) is 0 Å². The van der Waals surface area contributed by atoms with Crippen LogP contribution < -0.4 is 10.2 Å². The van der Waals surface area contributed by atoms with E-state index in [1.807, 2.05) is 31.2 Å². The van der Waals surface area contributed by atoms with Crippen LogP contribution >= 0.6 is 0 Å². The summed E-state index contributed by atoms with van der Waals surface area (Å²) in [6.45, 7) is 1.99. The molecule has 3 heteroatoms. The third kappa shape index (κ3) is 1.16. The number of benzene rings is 1. The molecular formula is C10H12N2O. The lowest BCUT2D eigenvalue weighted by atomic mass is 10.0. The summed E-state index contributed by atoms with van der Waals surface area (Å²) in [4.78, 5) is 13.0. The van der Waals surface area contributed by atoms with E-state index < -0.39 is 0 Å². The summed E-state index contributed by atoms with van der Waals surface area (Å²) in [5.74, 6) is 0. The van der Waals surface area contributed by atoms with Crippen molar-refractivity contribution in [2.75, 3.05) is 11.9 Å². The fourth-order valence-electron chi connectivity index (χ4n) is 1.63. The lowest BCUT2D eigenvalue weighted by molar-refractivity contribution is 0.243. The predicted molar refractivity (Wildman–Crippen MR) is 51.8 cm³/mol. The van der Waals surface area contributed by atoms with E-state index in [4.69, 9.17) is 0 Å². The maximum absolute atomic E-state index is 11.4. The van der Waals surface area contributed by atoms with E-state index in [9.17, 15) is 4.79 Å². The number of nitrogens with zero attached hydrogens (tertiary/aromatic N) is 1. The van der Waals surface area contributed by atoms with Crippen molar-refractivity contribution in [3.8, 4) is 0 Å². The van der Waals surface area contributed by atoms with Gasteiger partial charge in [-0.05, 0) is 18.6 Å². The van der Waals surface area contributed by atoms with E-state index in [0.717, 1.165) is 5.69 Å². The summed E-state index contributed by atoms with van der Waals surface area (Å²) in [7, 11) is 1.78. The van der Waals surface area contributed by atoms with Crippen LogP contribution in [0.4, 0.5) is 10.5 Å². The average Bonchev–Trinajstić information content (AvgIpc) is 2.15. The first-order chi connectivity index (χ1) is 6.20. The van der Waals surface area contributed by atoms with E-state index >= 15 is 0 Å². The fraction of sp³-hybridized carbons (Fsp3) is 0.300. The van der Waals surface area contributed by atoms with Crippen molar-refractivity contribution in [3.05, 3.63) is 29.8 Å². The summed E-state index contributed by atoms with van der Waals surface area (Å²) < 4.78 is 0. The molecule has 0 saturated carbocycles. The van der Waals surface area contributed by atoms with Crippen LogP contribution in [0.2, 0.25) is 0 Å². The molecule has 1 atom stereocenters. The molecule has 0 aromatic heterocycles. The molecule has 13 heavy (non-hydrogen) atoms. The Labute approximate surface area is 77.4 Å². The van der Waals surface area contributed by atoms with Crippen LogP contribution in [0.3, 0.4) is 0 Å². The van der Waals surface area contributed by atoms with Gasteiger partial charge in [0.2, 0.25) is 0 Å². The molecule has 1 heterocycles. The number of nitrogens with one attached hydrogen (secondary N) is 1. The highest BCUT2D eigenvalue weighted by Crippen LogP contribution is 2.28. The fourth-order valence-corrected chi connectivity index (χ4v) is 1.63. The summed E-state index contributed by atoms with van der Waals surface area (Å²) in [5, 5.41) is 2.87. The lowest BCUT2D eigenvalue weighted by Gasteiger charge is -2.30. The minimum atomic E-state index is -0.0359. The van der Waals surface area contributed by atoms with Gasteiger partial charge in [0.1, 0.15) is 0 Å². The van der Waals surface area contributed by atoms with Crippen LogP contribution in [0.5, 0.6) is 0 Å². The number of fused-ring (bicyclic) bond motifs is 1. The maximum atomic E-state index is 11.4. The molecule has 3 nitrogen and oxygen atoms in total. The minimum Gasteiger partial charge on any atom is -0.331 e. The van der Waals surface area contributed by atoms with Crippen LogP contribution in [-0.2, 0) is 0 Å². The van der Waals surface area contributed by atoms with Gasteiger partial charge in [0, 0.05) is 7.05 Å². The molecule has 0 fully saturated rings. The summed E-state index contributed by atoms with van der Waals surface area (Å²) in [6, 6.07) is 8.01. The first-order valence-corrected chi connectivity index (χ1v) is 4.33. The van der Waals surface area contributed by atoms with Crippen molar-refractivity contribution in [2.45, 2.75) is 13.0 Å². The predicted octanol–water partition coefficient (Wildman–Crippen LogP) is 1.91. The molecule has 1 aliphatic rings. The Hall–Kier alpha value is -1.51. The Morgan fingerprint density at radius 1 is 1.38 bits per heavy atom. The topological polar surface area (TPSA) is 32.3 Å². The van der Waals surface area contributed by atoms with Crippen molar-refractivity contribution >= 4 is 11.7 Å². The molecular weight excluding hydrogens is 164 g/mol. The van der Waals surface area contributed by atoms with Gasteiger partial charge in [-0.15, -0.1) is 0 Å². The molecule has 0 radical (unpaired) electrons. The highest BCUT2D eigenvalue weighted by molar-refractivity contribution is 5.94. The Kier molecular flexibility index (Phi) is 1.72. The number of hydrogen-bond acceptors (Lipinski definition) is 1. The molecule has 1 aliphatic heterocycles. The molecule has 1 aromatic rings. The number of rotatable bonds is 0. The lowest BCUT2D eigenvalue weighted by Crippen LogP contribution is -2.43. The highest BCUT2D eigenvalue weighted by Gasteiger charge is 2.24.